The Morgan fingerprint density at radius 1 is 1.35 bits per heavy atom. The van der Waals surface area contributed by atoms with Gasteiger partial charge in [-0.1, -0.05) is 0 Å². The van der Waals surface area contributed by atoms with Gasteiger partial charge in [0.1, 0.15) is 23.2 Å². The van der Waals surface area contributed by atoms with Crippen molar-refractivity contribution in [3.63, 3.8) is 0 Å². The molecular weight excluding hydrogens is 230 g/mol. The van der Waals surface area contributed by atoms with Crippen molar-refractivity contribution in [3.05, 3.63) is 29.3 Å². The Kier molecular flexibility index (Phi) is 3.38. The number of ether oxygens (including phenoxy) is 2. The van der Waals surface area contributed by atoms with E-state index in [0.717, 1.165) is 12.1 Å². The number of ketones is 1. The summed E-state index contributed by atoms with van der Waals surface area (Å²) < 4.78 is 37.4. The summed E-state index contributed by atoms with van der Waals surface area (Å²) in [6.07, 6.45) is -0.516. The average molecular weight is 242 g/mol. The van der Waals surface area contributed by atoms with E-state index in [0.29, 0.717) is 6.42 Å². The third-order valence-electron chi connectivity index (χ3n) is 2.72. The molecule has 0 aliphatic carbocycles. The van der Waals surface area contributed by atoms with Crippen molar-refractivity contribution in [2.75, 3.05) is 13.7 Å². The van der Waals surface area contributed by atoms with E-state index in [-0.39, 0.29) is 30.1 Å². The summed E-state index contributed by atoms with van der Waals surface area (Å²) in [6.45, 7) is 0.203. The van der Waals surface area contributed by atoms with Crippen LogP contribution in [0.15, 0.2) is 12.1 Å². The van der Waals surface area contributed by atoms with Crippen LogP contribution >= 0.6 is 0 Å². The molecule has 5 heteroatoms. The van der Waals surface area contributed by atoms with E-state index < -0.39 is 17.7 Å². The van der Waals surface area contributed by atoms with Gasteiger partial charge in [-0.15, -0.1) is 0 Å². The zero-order valence-corrected chi connectivity index (χ0v) is 9.33. The van der Waals surface area contributed by atoms with Crippen LogP contribution in [-0.4, -0.2) is 19.5 Å². The molecule has 0 amide bonds. The summed E-state index contributed by atoms with van der Waals surface area (Å²) in [4.78, 5) is 11.2. The number of Topliss-reactive ketones (excluding diaryl/α,β-unsaturated/α-hetero) is 1. The number of hydrogen-bond acceptors (Lipinski definition) is 3. The van der Waals surface area contributed by atoms with Crippen LogP contribution in [0.25, 0.3) is 0 Å². The molecule has 17 heavy (non-hydrogen) atoms. The van der Waals surface area contributed by atoms with Crippen LogP contribution in [0.3, 0.4) is 0 Å². The molecule has 0 saturated carbocycles. The van der Waals surface area contributed by atoms with Crippen molar-refractivity contribution in [3.8, 4) is 5.75 Å². The molecule has 0 spiro atoms. The van der Waals surface area contributed by atoms with Crippen LogP contribution in [0, 0.1) is 11.6 Å². The number of carbonyl (C=O) groups excluding carboxylic acids is 1. The number of halogens is 2. The van der Waals surface area contributed by atoms with Crippen molar-refractivity contribution in [1.82, 2.24) is 0 Å². The van der Waals surface area contributed by atoms with Gasteiger partial charge < -0.3 is 9.47 Å². The van der Waals surface area contributed by atoms with Crippen LogP contribution in [0.5, 0.6) is 5.75 Å². The van der Waals surface area contributed by atoms with Crippen molar-refractivity contribution < 1.29 is 23.0 Å². The maximum absolute atomic E-state index is 13.7. The first-order valence-corrected chi connectivity index (χ1v) is 5.28. The fourth-order valence-corrected chi connectivity index (χ4v) is 1.85. The summed E-state index contributed by atoms with van der Waals surface area (Å²) >= 11 is 0. The maximum Gasteiger partial charge on any atom is 0.138 e. The molecule has 1 atom stereocenters. The zero-order valence-electron chi connectivity index (χ0n) is 9.33. The third-order valence-corrected chi connectivity index (χ3v) is 2.72. The monoisotopic (exact) mass is 242 g/mol. The van der Waals surface area contributed by atoms with Crippen LogP contribution < -0.4 is 4.74 Å². The molecule has 0 aromatic heterocycles. The molecule has 1 aliphatic heterocycles. The largest absolute Gasteiger partial charge is 0.497 e. The van der Waals surface area contributed by atoms with E-state index in [4.69, 9.17) is 9.47 Å². The quantitative estimate of drug-likeness (QED) is 0.798. The molecule has 1 heterocycles. The summed E-state index contributed by atoms with van der Waals surface area (Å²) in [5.74, 6) is -1.44. The number of carbonyl (C=O) groups is 1. The normalized spacial score (nSPS) is 20.4. The molecule has 0 bridgehead atoms. The minimum absolute atomic E-state index is 0.0141. The summed E-state index contributed by atoms with van der Waals surface area (Å²) in [5, 5.41) is 0. The Labute approximate surface area is 97.3 Å². The lowest BCUT2D eigenvalue weighted by atomic mass is 9.99. The van der Waals surface area contributed by atoms with Gasteiger partial charge >= 0.3 is 0 Å². The van der Waals surface area contributed by atoms with Gasteiger partial charge in [0.25, 0.3) is 0 Å². The highest BCUT2D eigenvalue weighted by atomic mass is 19.1. The van der Waals surface area contributed by atoms with Gasteiger partial charge in [-0.2, -0.15) is 0 Å². The van der Waals surface area contributed by atoms with Gasteiger partial charge in [-0.3, -0.25) is 4.79 Å². The predicted octanol–water partition coefficient (Wildman–Crippen LogP) is 2.39. The topological polar surface area (TPSA) is 35.5 Å². The Balaban J connectivity index is 2.34. The second-order valence-electron chi connectivity index (χ2n) is 3.86. The van der Waals surface area contributed by atoms with Gasteiger partial charge in [0.15, 0.2) is 0 Å². The number of methoxy groups -OCH3 is 1. The van der Waals surface area contributed by atoms with Crippen molar-refractivity contribution in [2.24, 2.45) is 0 Å². The van der Waals surface area contributed by atoms with Gasteiger partial charge in [0.2, 0.25) is 0 Å². The van der Waals surface area contributed by atoms with E-state index in [1.807, 2.05) is 0 Å². The average Bonchev–Trinajstić information content (AvgIpc) is 2.28. The molecule has 3 nitrogen and oxygen atoms in total. The lowest BCUT2D eigenvalue weighted by Crippen LogP contribution is -2.21. The van der Waals surface area contributed by atoms with Gasteiger partial charge in [0.05, 0.1) is 25.4 Å². The zero-order chi connectivity index (χ0) is 12.4. The van der Waals surface area contributed by atoms with Crippen LogP contribution in [0.1, 0.15) is 24.5 Å². The highest BCUT2D eigenvalue weighted by molar-refractivity contribution is 5.79. The molecule has 1 saturated heterocycles. The second-order valence-corrected chi connectivity index (χ2v) is 3.86. The second kappa shape index (κ2) is 4.79. The Morgan fingerprint density at radius 2 is 2.00 bits per heavy atom. The number of rotatable bonds is 2. The highest BCUT2D eigenvalue weighted by Gasteiger charge is 2.27. The first-order chi connectivity index (χ1) is 8.11. The summed E-state index contributed by atoms with van der Waals surface area (Å²) in [6, 6.07) is 2.17. The minimum atomic E-state index is -0.831. The maximum atomic E-state index is 13.7. The van der Waals surface area contributed by atoms with Gasteiger partial charge in [-0.05, 0) is 0 Å². The molecule has 1 unspecified atom stereocenters. The Bertz CT molecular complexity index is 422. The van der Waals surface area contributed by atoms with E-state index in [1.165, 1.54) is 7.11 Å². The fraction of sp³-hybridized carbons (Fsp3) is 0.417. The SMILES string of the molecule is COc1cc(F)c(C2CC(=O)CCO2)c(F)c1. The molecule has 0 N–H and O–H groups in total. The number of benzene rings is 1. The van der Waals surface area contributed by atoms with Crippen molar-refractivity contribution in [2.45, 2.75) is 18.9 Å². The Hall–Kier alpha value is -1.49. The predicted molar refractivity (Wildman–Crippen MR) is 55.8 cm³/mol. The lowest BCUT2D eigenvalue weighted by Gasteiger charge is -2.23. The first-order valence-electron chi connectivity index (χ1n) is 5.28. The van der Waals surface area contributed by atoms with Gasteiger partial charge in [-0.25, -0.2) is 8.78 Å². The Morgan fingerprint density at radius 3 is 2.53 bits per heavy atom. The summed E-state index contributed by atoms with van der Waals surface area (Å²) in [5.41, 5.74) is -0.196. The first kappa shape index (κ1) is 12.0. The standard InChI is InChI=1S/C12H12F2O3/c1-16-8-5-9(13)12(10(14)6-8)11-4-7(15)2-3-17-11/h5-6,11H,2-4H2,1H3. The highest BCUT2D eigenvalue weighted by Crippen LogP contribution is 2.32. The molecule has 92 valence electrons. The molecule has 1 aromatic rings. The minimum Gasteiger partial charge on any atom is -0.497 e. The molecule has 0 radical (unpaired) electrons. The molecule has 2 rings (SSSR count). The van der Waals surface area contributed by atoms with Crippen LogP contribution in [0.2, 0.25) is 0 Å². The molecule has 1 aromatic carbocycles. The molecular formula is C12H12F2O3. The smallest absolute Gasteiger partial charge is 0.138 e. The van der Waals surface area contributed by atoms with Crippen LogP contribution in [-0.2, 0) is 9.53 Å². The van der Waals surface area contributed by atoms with E-state index in [2.05, 4.69) is 0 Å². The van der Waals surface area contributed by atoms with E-state index in [1.54, 1.807) is 0 Å². The molecule has 1 fully saturated rings. The van der Waals surface area contributed by atoms with E-state index >= 15 is 0 Å². The van der Waals surface area contributed by atoms with E-state index in [9.17, 15) is 13.6 Å². The molecule has 1 aliphatic rings. The fourth-order valence-electron chi connectivity index (χ4n) is 1.85. The van der Waals surface area contributed by atoms with Crippen molar-refractivity contribution >= 4 is 5.78 Å². The number of hydrogen-bond donors (Lipinski definition) is 0. The van der Waals surface area contributed by atoms with Crippen LogP contribution in [0.4, 0.5) is 8.78 Å². The third kappa shape index (κ3) is 2.44. The van der Waals surface area contributed by atoms with Crippen molar-refractivity contribution in [1.29, 1.82) is 0 Å². The lowest BCUT2D eigenvalue weighted by molar-refractivity contribution is -0.128. The van der Waals surface area contributed by atoms with Gasteiger partial charge in [0, 0.05) is 25.0 Å². The summed E-state index contributed by atoms with van der Waals surface area (Å²) in [7, 11) is 1.33.